The molecule has 0 aliphatic carbocycles. The van der Waals surface area contributed by atoms with Gasteiger partial charge in [-0.15, -0.1) is 0 Å². The molecule has 0 radical (unpaired) electrons. The fourth-order valence-electron chi connectivity index (χ4n) is 1.85. The predicted octanol–water partition coefficient (Wildman–Crippen LogP) is 4.43. The Kier molecular flexibility index (Phi) is 4.82. The molecule has 0 atom stereocenters. The maximum atomic E-state index is 12.0. The van der Waals surface area contributed by atoms with Gasteiger partial charge in [0.1, 0.15) is 5.75 Å². The Balaban J connectivity index is 2.04. The molecule has 0 unspecified atom stereocenters. The maximum Gasteiger partial charge on any atom is 0.323 e. The van der Waals surface area contributed by atoms with Crippen molar-refractivity contribution in [2.45, 2.75) is 26.9 Å². The van der Waals surface area contributed by atoms with Gasteiger partial charge in [-0.05, 0) is 45.0 Å². The molecule has 0 heterocycles. The summed E-state index contributed by atoms with van der Waals surface area (Å²) in [6, 6.07) is 14.7. The first-order valence-corrected chi connectivity index (χ1v) is 6.95. The van der Waals surface area contributed by atoms with Crippen LogP contribution in [0.15, 0.2) is 48.5 Å². The lowest BCUT2D eigenvalue weighted by atomic mass is 10.2. The number of rotatable bonds is 4. The zero-order chi connectivity index (χ0) is 15.2. The molecule has 2 aromatic rings. The van der Waals surface area contributed by atoms with E-state index in [1.54, 1.807) is 0 Å². The van der Waals surface area contributed by atoms with Crippen LogP contribution in [0.2, 0.25) is 0 Å². The molecule has 0 spiro atoms. The summed E-state index contributed by atoms with van der Waals surface area (Å²) in [6.45, 7) is 5.90. The first-order chi connectivity index (χ1) is 10.0. The Bertz CT molecular complexity index is 606. The van der Waals surface area contributed by atoms with Gasteiger partial charge >= 0.3 is 6.03 Å². The number of nitrogens with one attached hydrogen (secondary N) is 2. The highest BCUT2D eigenvalue weighted by molar-refractivity contribution is 6.00. The topological polar surface area (TPSA) is 50.4 Å². The Hall–Kier alpha value is -2.49. The van der Waals surface area contributed by atoms with Crippen LogP contribution in [0.5, 0.6) is 5.75 Å². The molecule has 2 amide bonds. The van der Waals surface area contributed by atoms with Gasteiger partial charge in [-0.2, -0.15) is 0 Å². The minimum absolute atomic E-state index is 0.0492. The van der Waals surface area contributed by atoms with E-state index < -0.39 is 0 Å². The third kappa shape index (κ3) is 4.53. The van der Waals surface area contributed by atoms with Crippen LogP contribution in [-0.2, 0) is 0 Å². The Morgan fingerprint density at radius 2 is 1.67 bits per heavy atom. The number of benzene rings is 2. The first-order valence-electron chi connectivity index (χ1n) is 6.95. The molecule has 2 aromatic carbocycles. The Morgan fingerprint density at radius 3 is 2.33 bits per heavy atom. The van der Waals surface area contributed by atoms with Crippen molar-refractivity contribution < 1.29 is 9.53 Å². The average molecular weight is 284 g/mol. The Labute approximate surface area is 125 Å². The second-order valence-corrected chi connectivity index (χ2v) is 5.11. The zero-order valence-corrected chi connectivity index (χ0v) is 12.5. The van der Waals surface area contributed by atoms with E-state index in [0.29, 0.717) is 11.4 Å². The number of amides is 2. The van der Waals surface area contributed by atoms with Crippen LogP contribution in [0, 0.1) is 6.92 Å². The van der Waals surface area contributed by atoms with Crippen molar-refractivity contribution in [1.29, 1.82) is 0 Å². The largest absolute Gasteiger partial charge is 0.489 e. The van der Waals surface area contributed by atoms with E-state index in [1.807, 2.05) is 69.3 Å². The molecule has 2 rings (SSSR count). The summed E-state index contributed by atoms with van der Waals surface area (Å²) in [7, 11) is 0. The van der Waals surface area contributed by atoms with Gasteiger partial charge in [-0.1, -0.05) is 29.8 Å². The lowest BCUT2D eigenvalue weighted by Gasteiger charge is -2.15. The highest BCUT2D eigenvalue weighted by atomic mass is 16.5. The molecule has 0 bridgehead atoms. The molecule has 0 aliphatic heterocycles. The number of para-hydroxylation sites is 2. The minimum Gasteiger partial charge on any atom is -0.489 e. The summed E-state index contributed by atoms with van der Waals surface area (Å²) in [5.41, 5.74) is 2.55. The van der Waals surface area contributed by atoms with Gasteiger partial charge in [0, 0.05) is 5.69 Å². The van der Waals surface area contributed by atoms with E-state index in [2.05, 4.69) is 10.6 Å². The molecule has 4 nitrogen and oxygen atoms in total. The third-order valence-corrected chi connectivity index (χ3v) is 2.81. The van der Waals surface area contributed by atoms with Gasteiger partial charge in [0.05, 0.1) is 11.8 Å². The van der Waals surface area contributed by atoms with Gasteiger partial charge in [0.15, 0.2) is 0 Å². The van der Waals surface area contributed by atoms with Crippen molar-refractivity contribution in [3.63, 3.8) is 0 Å². The monoisotopic (exact) mass is 284 g/mol. The number of ether oxygens (including phenoxy) is 1. The number of hydrogen-bond donors (Lipinski definition) is 2. The third-order valence-electron chi connectivity index (χ3n) is 2.81. The lowest BCUT2D eigenvalue weighted by molar-refractivity contribution is 0.243. The van der Waals surface area contributed by atoms with Crippen LogP contribution in [-0.4, -0.2) is 12.1 Å². The number of carbonyl (C=O) groups excluding carboxylic acids is 1. The van der Waals surface area contributed by atoms with Crippen LogP contribution < -0.4 is 15.4 Å². The molecule has 21 heavy (non-hydrogen) atoms. The zero-order valence-electron chi connectivity index (χ0n) is 12.5. The minimum atomic E-state index is -0.293. The normalized spacial score (nSPS) is 10.3. The summed E-state index contributed by atoms with van der Waals surface area (Å²) in [5, 5.41) is 5.60. The van der Waals surface area contributed by atoms with E-state index >= 15 is 0 Å². The number of hydrogen-bond acceptors (Lipinski definition) is 2. The fraction of sp³-hybridized carbons (Fsp3) is 0.235. The quantitative estimate of drug-likeness (QED) is 0.872. The molecule has 4 heteroatoms. The Morgan fingerprint density at radius 1 is 1.00 bits per heavy atom. The second-order valence-electron chi connectivity index (χ2n) is 5.11. The van der Waals surface area contributed by atoms with Gasteiger partial charge in [0.2, 0.25) is 0 Å². The molecule has 110 valence electrons. The first kappa shape index (κ1) is 14.9. The highest BCUT2D eigenvalue weighted by Gasteiger charge is 2.08. The summed E-state index contributed by atoms with van der Waals surface area (Å²) >= 11 is 0. The molecule has 0 fully saturated rings. The number of urea groups is 1. The van der Waals surface area contributed by atoms with E-state index in [1.165, 1.54) is 0 Å². The van der Waals surface area contributed by atoms with Gasteiger partial charge in [-0.25, -0.2) is 4.79 Å². The van der Waals surface area contributed by atoms with Crippen LogP contribution >= 0.6 is 0 Å². The van der Waals surface area contributed by atoms with Crippen LogP contribution in [0.1, 0.15) is 19.4 Å². The van der Waals surface area contributed by atoms with Crippen molar-refractivity contribution in [2.75, 3.05) is 10.6 Å². The van der Waals surface area contributed by atoms with Crippen LogP contribution in [0.3, 0.4) is 0 Å². The van der Waals surface area contributed by atoms with Crippen LogP contribution in [0.25, 0.3) is 0 Å². The molecule has 0 aromatic heterocycles. The van der Waals surface area contributed by atoms with E-state index in [9.17, 15) is 4.79 Å². The summed E-state index contributed by atoms with van der Waals surface area (Å²) in [6.07, 6.45) is 0.0492. The van der Waals surface area contributed by atoms with Gasteiger partial charge in [0.25, 0.3) is 0 Å². The van der Waals surface area contributed by atoms with E-state index in [0.717, 1.165) is 11.3 Å². The van der Waals surface area contributed by atoms with Crippen molar-refractivity contribution in [3.8, 4) is 5.75 Å². The summed E-state index contributed by atoms with van der Waals surface area (Å²) in [5.74, 6) is 0.659. The maximum absolute atomic E-state index is 12.0. The van der Waals surface area contributed by atoms with E-state index in [4.69, 9.17) is 4.74 Å². The lowest BCUT2D eigenvalue weighted by Crippen LogP contribution is -2.20. The number of anilines is 2. The number of aryl methyl sites for hydroxylation is 1. The molecular formula is C17H20N2O2. The standard InChI is InChI=1S/C17H20N2O2/c1-12(2)21-16-7-5-4-6-15(16)19-17(20)18-14-10-8-13(3)9-11-14/h4-12H,1-3H3,(H2,18,19,20). The second kappa shape index (κ2) is 6.79. The van der Waals surface area contributed by atoms with Gasteiger partial charge in [-0.3, -0.25) is 0 Å². The molecule has 0 aliphatic rings. The fourth-order valence-corrected chi connectivity index (χ4v) is 1.85. The molecule has 2 N–H and O–H groups in total. The highest BCUT2D eigenvalue weighted by Crippen LogP contribution is 2.25. The van der Waals surface area contributed by atoms with Crippen molar-refractivity contribution in [3.05, 3.63) is 54.1 Å². The summed E-state index contributed by atoms with van der Waals surface area (Å²) < 4.78 is 5.67. The van der Waals surface area contributed by atoms with Crippen molar-refractivity contribution in [2.24, 2.45) is 0 Å². The number of carbonyl (C=O) groups is 1. The molecule has 0 saturated carbocycles. The van der Waals surface area contributed by atoms with Crippen molar-refractivity contribution in [1.82, 2.24) is 0 Å². The average Bonchev–Trinajstić information content (AvgIpc) is 2.43. The predicted molar refractivity (Wildman–Crippen MR) is 86.0 cm³/mol. The van der Waals surface area contributed by atoms with Crippen molar-refractivity contribution >= 4 is 17.4 Å². The SMILES string of the molecule is Cc1ccc(NC(=O)Nc2ccccc2OC(C)C)cc1. The molecule has 0 saturated heterocycles. The van der Waals surface area contributed by atoms with Crippen LogP contribution in [0.4, 0.5) is 16.2 Å². The smallest absolute Gasteiger partial charge is 0.323 e. The van der Waals surface area contributed by atoms with E-state index in [-0.39, 0.29) is 12.1 Å². The molecular weight excluding hydrogens is 264 g/mol. The summed E-state index contributed by atoms with van der Waals surface area (Å²) in [4.78, 5) is 12.0. The van der Waals surface area contributed by atoms with Gasteiger partial charge < -0.3 is 15.4 Å².